The SMILES string of the molecule is C=C[C@H]1CC[C@H](O[Si](C)(C)C(C)(C)C)[C@@H](CC#N)O1. The Labute approximate surface area is 118 Å². The van der Waals surface area contributed by atoms with Crippen molar-refractivity contribution in [3.63, 3.8) is 0 Å². The minimum Gasteiger partial charge on any atom is -0.411 e. The van der Waals surface area contributed by atoms with Crippen LogP contribution in [-0.2, 0) is 9.16 Å². The summed E-state index contributed by atoms with van der Waals surface area (Å²) in [6, 6.07) is 2.21. The van der Waals surface area contributed by atoms with E-state index in [-0.39, 0.29) is 23.4 Å². The van der Waals surface area contributed by atoms with Gasteiger partial charge in [-0.1, -0.05) is 26.8 Å². The molecule has 3 nitrogen and oxygen atoms in total. The Morgan fingerprint density at radius 2 is 2.05 bits per heavy atom. The monoisotopic (exact) mass is 281 g/mol. The summed E-state index contributed by atoms with van der Waals surface area (Å²) in [5.74, 6) is 0. The minimum atomic E-state index is -1.81. The largest absolute Gasteiger partial charge is 0.411 e. The zero-order valence-corrected chi connectivity index (χ0v) is 13.9. The summed E-state index contributed by atoms with van der Waals surface area (Å²) in [5.41, 5.74) is 0. The molecule has 0 bridgehead atoms. The normalized spacial score (nSPS) is 28.7. The van der Waals surface area contributed by atoms with Crippen molar-refractivity contribution in [2.45, 2.75) is 76.5 Å². The summed E-state index contributed by atoms with van der Waals surface area (Å²) >= 11 is 0. The first-order chi connectivity index (χ1) is 8.71. The number of nitrogens with zero attached hydrogens (tertiary/aromatic N) is 1. The molecule has 0 radical (unpaired) electrons. The van der Waals surface area contributed by atoms with E-state index in [1.54, 1.807) is 0 Å². The summed E-state index contributed by atoms with van der Waals surface area (Å²) in [4.78, 5) is 0. The Morgan fingerprint density at radius 1 is 1.42 bits per heavy atom. The average molecular weight is 281 g/mol. The van der Waals surface area contributed by atoms with Crippen LogP contribution in [0.1, 0.15) is 40.0 Å². The molecule has 19 heavy (non-hydrogen) atoms. The molecule has 4 heteroatoms. The predicted octanol–water partition coefficient (Wildman–Crippen LogP) is 4.02. The lowest BCUT2D eigenvalue weighted by molar-refractivity contribution is -0.0921. The van der Waals surface area contributed by atoms with Gasteiger partial charge in [-0.2, -0.15) is 5.26 Å². The topological polar surface area (TPSA) is 42.2 Å². The van der Waals surface area contributed by atoms with E-state index in [4.69, 9.17) is 14.4 Å². The van der Waals surface area contributed by atoms with E-state index in [0.29, 0.717) is 6.42 Å². The molecule has 0 unspecified atom stereocenters. The summed E-state index contributed by atoms with van der Waals surface area (Å²) in [6.45, 7) is 15.0. The first-order valence-corrected chi connectivity index (χ1v) is 9.95. The highest BCUT2D eigenvalue weighted by atomic mass is 28.4. The lowest BCUT2D eigenvalue weighted by Gasteiger charge is -2.43. The maximum absolute atomic E-state index is 8.95. The molecule has 0 saturated carbocycles. The van der Waals surface area contributed by atoms with Gasteiger partial charge in [-0.05, 0) is 31.0 Å². The van der Waals surface area contributed by atoms with Gasteiger partial charge in [0.1, 0.15) is 0 Å². The van der Waals surface area contributed by atoms with Crippen LogP contribution >= 0.6 is 0 Å². The van der Waals surface area contributed by atoms with Crippen LogP contribution in [0.4, 0.5) is 0 Å². The van der Waals surface area contributed by atoms with E-state index < -0.39 is 8.32 Å². The molecule has 1 aliphatic heterocycles. The van der Waals surface area contributed by atoms with Crippen molar-refractivity contribution in [1.82, 2.24) is 0 Å². The van der Waals surface area contributed by atoms with Gasteiger partial charge in [0.25, 0.3) is 0 Å². The van der Waals surface area contributed by atoms with Crippen molar-refractivity contribution in [2.75, 3.05) is 0 Å². The van der Waals surface area contributed by atoms with Gasteiger partial charge in [0, 0.05) is 0 Å². The fraction of sp³-hybridized carbons (Fsp3) is 0.800. The molecule has 0 aromatic heterocycles. The number of nitriles is 1. The summed E-state index contributed by atoms with van der Waals surface area (Å²) in [5, 5.41) is 9.13. The van der Waals surface area contributed by atoms with Crippen molar-refractivity contribution in [3.05, 3.63) is 12.7 Å². The molecule has 0 aromatic carbocycles. The second-order valence-electron chi connectivity index (χ2n) is 6.80. The van der Waals surface area contributed by atoms with E-state index in [1.807, 2.05) is 6.08 Å². The van der Waals surface area contributed by atoms with Crippen LogP contribution in [0.15, 0.2) is 12.7 Å². The van der Waals surface area contributed by atoms with Crippen molar-refractivity contribution >= 4 is 8.32 Å². The molecule has 0 amide bonds. The zero-order chi connectivity index (χ0) is 14.7. The minimum absolute atomic E-state index is 0.0525. The number of hydrogen-bond acceptors (Lipinski definition) is 3. The zero-order valence-electron chi connectivity index (χ0n) is 12.9. The fourth-order valence-corrected chi connectivity index (χ4v) is 3.41. The van der Waals surface area contributed by atoms with Crippen LogP contribution in [0.2, 0.25) is 18.1 Å². The van der Waals surface area contributed by atoms with Gasteiger partial charge in [-0.25, -0.2) is 0 Å². The van der Waals surface area contributed by atoms with Gasteiger partial charge >= 0.3 is 0 Å². The third-order valence-corrected chi connectivity index (χ3v) is 8.81. The second kappa shape index (κ2) is 6.21. The van der Waals surface area contributed by atoms with E-state index in [2.05, 4.69) is 46.5 Å². The predicted molar refractivity (Wildman–Crippen MR) is 80.4 cm³/mol. The summed E-state index contributed by atoms with van der Waals surface area (Å²) in [7, 11) is -1.81. The van der Waals surface area contributed by atoms with Gasteiger partial charge in [0.2, 0.25) is 0 Å². The number of hydrogen-bond donors (Lipinski definition) is 0. The number of rotatable bonds is 4. The van der Waals surface area contributed by atoms with Crippen molar-refractivity contribution in [1.29, 1.82) is 5.26 Å². The third-order valence-electron chi connectivity index (χ3n) is 4.31. The maximum atomic E-state index is 8.95. The van der Waals surface area contributed by atoms with E-state index in [1.165, 1.54) is 0 Å². The molecule has 1 saturated heterocycles. The van der Waals surface area contributed by atoms with Crippen molar-refractivity contribution < 1.29 is 9.16 Å². The Bertz CT molecular complexity index is 354. The molecule has 0 N–H and O–H groups in total. The average Bonchev–Trinajstić information content (AvgIpc) is 2.30. The van der Waals surface area contributed by atoms with Gasteiger partial charge in [0.05, 0.1) is 30.8 Å². The first-order valence-electron chi connectivity index (χ1n) is 7.04. The van der Waals surface area contributed by atoms with Gasteiger partial charge in [0.15, 0.2) is 8.32 Å². The standard InChI is InChI=1S/C15H27NO2Si/c1-7-12-8-9-14(13(17-12)10-11-16)18-19(5,6)15(2,3)4/h7,12-14H,1,8-10H2,2-6H3/t12-,13+,14-/m0/s1. The van der Waals surface area contributed by atoms with Crippen molar-refractivity contribution in [2.24, 2.45) is 0 Å². The molecular weight excluding hydrogens is 254 g/mol. The van der Waals surface area contributed by atoms with Crippen LogP contribution < -0.4 is 0 Å². The lowest BCUT2D eigenvalue weighted by Crippen LogP contribution is -2.50. The molecular formula is C15H27NO2Si. The van der Waals surface area contributed by atoms with Crippen LogP contribution in [0.25, 0.3) is 0 Å². The molecule has 0 aromatic rings. The highest BCUT2D eigenvalue weighted by molar-refractivity contribution is 6.74. The molecule has 108 valence electrons. The lowest BCUT2D eigenvalue weighted by atomic mass is 9.99. The van der Waals surface area contributed by atoms with Crippen LogP contribution in [0.5, 0.6) is 0 Å². The molecule has 1 fully saturated rings. The fourth-order valence-electron chi connectivity index (χ4n) is 2.03. The van der Waals surface area contributed by atoms with Crippen LogP contribution in [0.3, 0.4) is 0 Å². The Hall–Kier alpha value is -0.633. The summed E-state index contributed by atoms with van der Waals surface area (Å²) < 4.78 is 12.3. The smallest absolute Gasteiger partial charge is 0.192 e. The van der Waals surface area contributed by atoms with Crippen molar-refractivity contribution in [3.8, 4) is 6.07 Å². The molecule has 1 rings (SSSR count). The third kappa shape index (κ3) is 4.17. The number of ether oxygens (including phenoxy) is 1. The Balaban J connectivity index is 2.76. The maximum Gasteiger partial charge on any atom is 0.192 e. The Kier molecular flexibility index (Phi) is 5.37. The first kappa shape index (κ1) is 16.4. The van der Waals surface area contributed by atoms with Gasteiger partial charge < -0.3 is 9.16 Å². The molecule has 0 spiro atoms. The molecule has 1 heterocycles. The van der Waals surface area contributed by atoms with E-state index in [0.717, 1.165) is 12.8 Å². The second-order valence-corrected chi connectivity index (χ2v) is 11.6. The van der Waals surface area contributed by atoms with Crippen LogP contribution in [-0.4, -0.2) is 26.6 Å². The van der Waals surface area contributed by atoms with E-state index in [9.17, 15) is 0 Å². The highest BCUT2D eigenvalue weighted by Crippen LogP contribution is 2.39. The van der Waals surface area contributed by atoms with E-state index >= 15 is 0 Å². The molecule has 0 aliphatic carbocycles. The van der Waals surface area contributed by atoms with Gasteiger partial charge in [-0.15, -0.1) is 6.58 Å². The molecule has 3 atom stereocenters. The molecule has 1 aliphatic rings. The van der Waals surface area contributed by atoms with Crippen LogP contribution in [0, 0.1) is 11.3 Å². The Morgan fingerprint density at radius 3 is 2.53 bits per heavy atom. The van der Waals surface area contributed by atoms with Gasteiger partial charge in [-0.3, -0.25) is 0 Å². The quantitative estimate of drug-likeness (QED) is 0.577. The highest BCUT2D eigenvalue weighted by Gasteiger charge is 2.42. The summed E-state index contributed by atoms with van der Waals surface area (Å²) in [6.07, 6.45) is 4.11.